The van der Waals surface area contributed by atoms with Crippen LogP contribution in [0.5, 0.6) is 11.5 Å². The first-order chi connectivity index (χ1) is 9.10. The Morgan fingerprint density at radius 1 is 1.37 bits per heavy atom. The molecule has 0 radical (unpaired) electrons. The topological polar surface area (TPSA) is 73.6 Å². The Labute approximate surface area is 114 Å². The van der Waals surface area contributed by atoms with E-state index in [1.54, 1.807) is 25.3 Å². The van der Waals surface area contributed by atoms with Gasteiger partial charge in [-0.3, -0.25) is 4.79 Å². The first kappa shape index (κ1) is 15.3. The predicted molar refractivity (Wildman–Crippen MR) is 75.7 cm³/mol. The van der Waals surface area contributed by atoms with Gasteiger partial charge >= 0.3 is 0 Å². The summed E-state index contributed by atoms with van der Waals surface area (Å²) < 4.78 is 10.6. The zero-order chi connectivity index (χ0) is 14.3. The van der Waals surface area contributed by atoms with E-state index in [4.69, 9.17) is 15.2 Å². The standard InChI is InChI=1S/C14H22N2O3/c1-4-10(15)8-14(17)16-11-6-7-12(19-5-2)13(9-11)18-3/h6-7,9-10H,4-5,8,15H2,1-3H3,(H,16,17). The number of nitrogens with two attached hydrogens (primary N) is 1. The van der Waals surface area contributed by atoms with Crippen molar-refractivity contribution in [2.45, 2.75) is 32.7 Å². The molecule has 0 spiro atoms. The molecule has 106 valence electrons. The Morgan fingerprint density at radius 2 is 2.11 bits per heavy atom. The van der Waals surface area contributed by atoms with Crippen LogP contribution in [0.3, 0.4) is 0 Å². The fourth-order valence-corrected chi connectivity index (χ4v) is 1.61. The summed E-state index contributed by atoms with van der Waals surface area (Å²) >= 11 is 0. The summed E-state index contributed by atoms with van der Waals surface area (Å²) in [5, 5.41) is 2.80. The van der Waals surface area contributed by atoms with Gasteiger partial charge < -0.3 is 20.5 Å². The van der Waals surface area contributed by atoms with E-state index in [1.165, 1.54) is 0 Å². The van der Waals surface area contributed by atoms with Crippen molar-refractivity contribution in [2.75, 3.05) is 19.0 Å². The summed E-state index contributed by atoms with van der Waals surface area (Å²) in [5.41, 5.74) is 6.42. The van der Waals surface area contributed by atoms with Gasteiger partial charge in [-0.15, -0.1) is 0 Å². The number of rotatable bonds is 7. The minimum Gasteiger partial charge on any atom is -0.493 e. The fraction of sp³-hybridized carbons (Fsp3) is 0.500. The van der Waals surface area contributed by atoms with Gasteiger partial charge in [0.1, 0.15) is 0 Å². The molecule has 0 aliphatic rings. The highest BCUT2D eigenvalue weighted by Crippen LogP contribution is 2.30. The summed E-state index contributed by atoms with van der Waals surface area (Å²) in [5.74, 6) is 1.16. The van der Waals surface area contributed by atoms with E-state index < -0.39 is 0 Å². The van der Waals surface area contributed by atoms with Crippen LogP contribution in [0.25, 0.3) is 0 Å². The van der Waals surface area contributed by atoms with Crippen molar-refractivity contribution in [3.8, 4) is 11.5 Å². The van der Waals surface area contributed by atoms with E-state index in [2.05, 4.69) is 5.32 Å². The second-order valence-corrected chi connectivity index (χ2v) is 4.22. The molecule has 0 saturated heterocycles. The Kier molecular flexibility index (Phi) is 6.15. The monoisotopic (exact) mass is 266 g/mol. The lowest BCUT2D eigenvalue weighted by Crippen LogP contribution is -2.26. The molecule has 0 fully saturated rings. The molecule has 1 aromatic carbocycles. The van der Waals surface area contributed by atoms with E-state index in [9.17, 15) is 4.79 Å². The molecule has 0 aliphatic carbocycles. The van der Waals surface area contributed by atoms with Gasteiger partial charge in [0, 0.05) is 24.2 Å². The lowest BCUT2D eigenvalue weighted by molar-refractivity contribution is -0.116. The minimum atomic E-state index is -0.107. The molecule has 0 saturated carbocycles. The molecular formula is C14H22N2O3. The first-order valence-corrected chi connectivity index (χ1v) is 6.46. The van der Waals surface area contributed by atoms with Gasteiger partial charge in [-0.1, -0.05) is 6.92 Å². The Bertz CT molecular complexity index is 421. The highest BCUT2D eigenvalue weighted by atomic mass is 16.5. The summed E-state index contributed by atoms with van der Waals surface area (Å²) in [7, 11) is 1.57. The molecule has 1 rings (SSSR count). The van der Waals surface area contributed by atoms with Gasteiger partial charge in [0.05, 0.1) is 13.7 Å². The quantitative estimate of drug-likeness (QED) is 0.793. The largest absolute Gasteiger partial charge is 0.493 e. The van der Waals surface area contributed by atoms with Crippen LogP contribution in [-0.4, -0.2) is 25.7 Å². The normalized spacial score (nSPS) is 11.8. The smallest absolute Gasteiger partial charge is 0.225 e. The molecule has 0 aliphatic heterocycles. The van der Waals surface area contributed by atoms with Crippen molar-refractivity contribution in [2.24, 2.45) is 5.73 Å². The molecule has 19 heavy (non-hydrogen) atoms. The first-order valence-electron chi connectivity index (χ1n) is 6.46. The summed E-state index contributed by atoms with van der Waals surface area (Å²) in [6, 6.07) is 5.19. The van der Waals surface area contributed by atoms with E-state index in [0.717, 1.165) is 6.42 Å². The number of carbonyl (C=O) groups excluding carboxylic acids is 1. The van der Waals surface area contributed by atoms with Gasteiger partial charge in [0.25, 0.3) is 0 Å². The maximum Gasteiger partial charge on any atom is 0.225 e. The number of carbonyl (C=O) groups is 1. The van der Waals surface area contributed by atoms with Crippen molar-refractivity contribution < 1.29 is 14.3 Å². The van der Waals surface area contributed by atoms with Crippen LogP contribution in [0.2, 0.25) is 0 Å². The highest BCUT2D eigenvalue weighted by Gasteiger charge is 2.10. The van der Waals surface area contributed by atoms with Crippen LogP contribution in [-0.2, 0) is 4.79 Å². The lowest BCUT2D eigenvalue weighted by atomic mass is 10.1. The molecule has 0 aromatic heterocycles. The van der Waals surface area contributed by atoms with Gasteiger partial charge in [-0.05, 0) is 25.5 Å². The third kappa shape index (κ3) is 4.79. The Hall–Kier alpha value is -1.75. The van der Waals surface area contributed by atoms with Crippen molar-refractivity contribution >= 4 is 11.6 Å². The van der Waals surface area contributed by atoms with Crippen LogP contribution < -0.4 is 20.5 Å². The molecule has 3 N–H and O–H groups in total. The van der Waals surface area contributed by atoms with Crippen molar-refractivity contribution in [3.63, 3.8) is 0 Å². The van der Waals surface area contributed by atoms with E-state index >= 15 is 0 Å². The molecule has 5 heteroatoms. The molecule has 0 bridgehead atoms. The van der Waals surface area contributed by atoms with Gasteiger partial charge in [-0.25, -0.2) is 0 Å². The van der Waals surface area contributed by atoms with Gasteiger partial charge in [-0.2, -0.15) is 0 Å². The molecule has 1 amide bonds. The van der Waals surface area contributed by atoms with E-state index in [1.807, 2.05) is 13.8 Å². The molecule has 1 unspecified atom stereocenters. The summed E-state index contributed by atoms with van der Waals surface area (Å²) in [6.07, 6.45) is 1.09. The maximum atomic E-state index is 11.7. The number of amides is 1. The van der Waals surface area contributed by atoms with Crippen LogP contribution in [0, 0.1) is 0 Å². The molecule has 1 aromatic rings. The Morgan fingerprint density at radius 3 is 2.68 bits per heavy atom. The molecule has 1 atom stereocenters. The van der Waals surface area contributed by atoms with Crippen LogP contribution >= 0.6 is 0 Å². The number of anilines is 1. The minimum absolute atomic E-state index is 0.0967. The van der Waals surface area contributed by atoms with E-state index in [0.29, 0.717) is 30.2 Å². The van der Waals surface area contributed by atoms with Crippen molar-refractivity contribution in [1.29, 1.82) is 0 Å². The Balaban J connectivity index is 2.71. The second-order valence-electron chi connectivity index (χ2n) is 4.22. The number of hydrogen-bond acceptors (Lipinski definition) is 4. The molecule has 0 heterocycles. The summed E-state index contributed by atoms with van der Waals surface area (Å²) in [6.45, 7) is 4.42. The molecular weight excluding hydrogens is 244 g/mol. The van der Waals surface area contributed by atoms with Crippen molar-refractivity contribution in [3.05, 3.63) is 18.2 Å². The average molecular weight is 266 g/mol. The number of hydrogen-bond donors (Lipinski definition) is 2. The fourth-order valence-electron chi connectivity index (χ4n) is 1.61. The van der Waals surface area contributed by atoms with Gasteiger partial charge in [0.15, 0.2) is 11.5 Å². The third-order valence-corrected chi connectivity index (χ3v) is 2.72. The maximum absolute atomic E-state index is 11.7. The number of nitrogens with one attached hydrogen (secondary N) is 1. The van der Waals surface area contributed by atoms with Gasteiger partial charge in [0.2, 0.25) is 5.91 Å². The predicted octanol–water partition coefficient (Wildman–Crippen LogP) is 2.16. The number of ether oxygens (including phenoxy) is 2. The average Bonchev–Trinajstić information content (AvgIpc) is 2.40. The third-order valence-electron chi connectivity index (χ3n) is 2.72. The zero-order valence-corrected chi connectivity index (χ0v) is 11.7. The SMILES string of the molecule is CCOc1ccc(NC(=O)CC(N)CC)cc1OC. The zero-order valence-electron chi connectivity index (χ0n) is 11.7. The highest BCUT2D eigenvalue weighted by molar-refractivity contribution is 5.91. The second kappa shape index (κ2) is 7.63. The van der Waals surface area contributed by atoms with Crippen molar-refractivity contribution in [1.82, 2.24) is 0 Å². The summed E-state index contributed by atoms with van der Waals surface area (Å²) in [4.78, 5) is 11.7. The molecule has 5 nitrogen and oxygen atoms in total. The van der Waals surface area contributed by atoms with E-state index in [-0.39, 0.29) is 11.9 Å². The number of benzene rings is 1. The van der Waals surface area contributed by atoms with Crippen LogP contribution in [0.15, 0.2) is 18.2 Å². The van der Waals surface area contributed by atoms with Crippen LogP contribution in [0.4, 0.5) is 5.69 Å². The van der Waals surface area contributed by atoms with Crippen LogP contribution in [0.1, 0.15) is 26.7 Å². The lowest BCUT2D eigenvalue weighted by Gasteiger charge is -2.13. The number of methoxy groups -OCH3 is 1.